The van der Waals surface area contributed by atoms with Crippen molar-refractivity contribution in [2.75, 3.05) is 31.5 Å². The molecule has 1 aliphatic carbocycles. The van der Waals surface area contributed by atoms with Gasteiger partial charge in [-0.1, -0.05) is 12.1 Å². The number of imidazole rings is 1. The van der Waals surface area contributed by atoms with Crippen molar-refractivity contribution < 1.29 is 4.79 Å². The Morgan fingerprint density at radius 3 is 2.44 bits per heavy atom. The summed E-state index contributed by atoms with van der Waals surface area (Å²) in [5, 5.41) is 6.87. The number of carbonyl (C=O) groups excluding carboxylic acids is 1. The molecule has 36 heavy (non-hydrogen) atoms. The number of aromatic nitrogens is 3. The molecule has 192 valence electrons. The van der Waals surface area contributed by atoms with Crippen LogP contribution in [-0.4, -0.2) is 57.6 Å². The van der Waals surface area contributed by atoms with Crippen LogP contribution in [0.1, 0.15) is 61.2 Å². The van der Waals surface area contributed by atoms with Crippen molar-refractivity contribution in [3.8, 4) is 0 Å². The maximum Gasteiger partial charge on any atom is 0.223 e. The van der Waals surface area contributed by atoms with Gasteiger partial charge in [0.2, 0.25) is 5.91 Å². The van der Waals surface area contributed by atoms with E-state index < -0.39 is 0 Å². The fourth-order valence-corrected chi connectivity index (χ4v) is 5.81. The highest BCUT2D eigenvalue weighted by atomic mass is 16.1. The number of anilines is 1. The monoisotopic (exact) mass is 488 g/mol. The van der Waals surface area contributed by atoms with E-state index in [9.17, 15) is 4.79 Å². The molecule has 7 heteroatoms. The van der Waals surface area contributed by atoms with E-state index >= 15 is 0 Å². The van der Waals surface area contributed by atoms with Gasteiger partial charge in [0, 0.05) is 36.4 Å². The van der Waals surface area contributed by atoms with E-state index in [-0.39, 0.29) is 11.8 Å². The standard InChI is InChI=1S/C29H40N6O/c1-20-18-21(2)31-28-27(20)32-22(3)35(28)19-23-6-10-25(11-7-23)33-26-12-8-24(9-13-26)29(36)30-14-17-34-15-4-5-16-34/h6-7,10-11,18,24,26,33H,4-5,8-9,12-17,19H2,1-3H3,(H,30,36). The second-order valence-electron chi connectivity index (χ2n) is 10.7. The van der Waals surface area contributed by atoms with Gasteiger partial charge < -0.3 is 20.1 Å². The van der Waals surface area contributed by atoms with Crippen molar-refractivity contribution in [3.63, 3.8) is 0 Å². The fourth-order valence-electron chi connectivity index (χ4n) is 5.81. The molecule has 1 saturated carbocycles. The molecule has 2 aliphatic rings. The Morgan fingerprint density at radius 1 is 1.00 bits per heavy atom. The van der Waals surface area contributed by atoms with E-state index in [1.54, 1.807) is 0 Å². The van der Waals surface area contributed by atoms with Gasteiger partial charge in [0.05, 0.1) is 6.54 Å². The second kappa shape index (κ2) is 11.0. The molecule has 1 saturated heterocycles. The van der Waals surface area contributed by atoms with Crippen LogP contribution in [0.5, 0.6) is 0 Å². The van der Waals surface area contributed by atoms with E-state index in [2.05, 4.69) is 64.3 Å². The SMILES string of the molecule is Cc1cc(C)c2nc(C)n(Cc3ccc(NC4CCC(C(=O)NCCN5CCCC5)CC4)cc3)c2n1. The highest BCUT2D eigenvalue weighted by Gasteiger charge is 2.26. The summed E-state index contributed by atoms with van der Waals surface area (Å²) >= 11 is 0. The minimum Gasteiger partial charge on any atom is -0.382 e. The Hall–Kier alpha value is -2.93. The first-order valence-electron chi connectivity index (χ1n) is 13.6. The summed E-state index contributed by atoms with van der Waals surface area (Å²) in [5.41, 5.74) is 6.53. The van der Waals surface area contributed by atoms with Gasteiger partial charge in [-0.2, -0.15) is 0 Å². The molecule has 3 aromatic rings. The summed E-state index contributed by atoms with van der Waals surface area (Å²) in [6.07, 6.45) is 6.60. The van der Waals surface area contributed by atoms with Crippen LogP contribution >= 0.6 is 0 Å². The Bertz CT molecular complexity index is 1190. The largest absolute Gasteiger partial charge is 0.382 e. The summed E-state index contributed by atoms with van der Waals surface area (Å²) < 4.78 is 2.20. The molecule has 2 aromatic heterocycles. The van der Waals surface area contributed by atoms with Crippen LogP contribution in [0.2, 0.25) is 0 Å². The molecule has 1 aliphatic heterocycles. The van der Waals surface area contributed by atoms with E-state index in [1.165, 1.54) is 37.1 Å². The Morgan fingerprint density at radius 2 is 1.72 bits per heavy atom. The normalized spacial score (nSPS) is 20.6. The van der Waals surface area contributed by atoms with Gasteiger partial charge in [0.25, 0.3) is 0 Å². The van der Waals surface area contributed by atoms with E-state index in [4.69, 9.17) is 9.97 Å². The first-order valence-corrected chi connectivity index (χ1v) is 13.6. The van der Waals surface area contributed by atoms with Crippen LogP contribution in [0.15, 0.2) is 30.3 Å². The third kappa shape index (κ3) is 5.72. The van der Waals surface area contributed by atoms with Gasteiger partial charge in [-0.05, 0) is 102 Å². The van der Waals surface area contributed by atoms with Crippen LogP contribution in [0, 0.1) is 26.7 Å². The number of nitrogens with one attached hydrogen (secondary N) is 2. The lowest BCUT2D eigenvalue weighted by molar-refractivity contribution is -0.126. The van der Waals surface area contributed by atoms with Crippen molar-refractivity contribution in [1.82, 2.24) is 24.8 Å². The maximum atomic E-state index is 12.6. The second-order valence-corrected chi connectivity index (χ2v) is 10.7. The molecule has 7 nitrogen and oxygen atoms in total. The van der Waals surface area contributed by atoms with Crippen molar-refractivity contribution >= 4 is 22.8 Å². The molecule has 5 rings (SSSR count). The molecule has 3 heterocycles. The van der Waals surface area contributed by atoms with Gasteiger partial charge in [-0.15, -0.1) is 0 Å². The fraction of sp³-hybridized carbons (Fsp3) is 0.552. The van der Waals surface area contributed by atoms with Crippen LogP contribution < -0.4 is 10.6 Å². The Labute approximate surface area is 214 Å². The van der Waals surface area contributed by atoms with Crippen molar-refractivity contribution in [3.05, 3.63) is 53.0 Å². The van der Waals surface area contributed by atoms with Crippen LogP contribution in [-0.2, 0) is 11.3 Å². The summed E-state index contributed by atoms with van der Waals surface area (Å²) in [6, 6.07) is 11.2. The van der Waals surface area contributed by atoms with Gasteiger partial charge >= 0.3 is 0 Å². The van der Waals surface area contributed by atoms with Gasteiger partial charge in [-0.3, -0.25) is 4.79 Å². The zero-order valence-electron chi connectivity index (χ0n) is 22.0. The number of likely N-dealkylation sites (tertiary alicyclic amines) is 1. The molecule has 2 N–H and O–H groups in total. The van der Waals surface area contributed by atoms with Gasteiger partial charge in [0.15, 0.2) is 5.65 Å². The zero-order valence-corrected chi connectivity index (χ0v) is 22.0. The minimum absolute atomic E-state index is 0.165. The minimum atomic E-state index is 0.165. The third-order valence-corrected chi connectivity index (χ3v) is 7.90. The first kappa shape index (κ1) is 24.8. The van der Waals surface area contributed by atoms with Crippen molar-refractivity contribution in [2.24, 2.45) is 5.92 Å². The van der Waals surface area contributed by atoms with Crippen molar-refractivity contribution in [1.29, 1.82) is 0 Å². The molecule has 1 aromatic carbocycles. The topological polar surface area (TPSA) is 75.1 Å². The number of benzene rings is 1. The number of hydrogen-bond donors (Lipinski definition) is 2. The van der Waals surface area contributed by atoms with Gasteiger partial charge in [0.1, 0.15) is 11.3 Å². The number of aryl methyl sites for hydroxylation is 3. The lowest BCUT2D eigenvalue weighted by atomic mass is 9.85. The average molecular weight is 489 g/mol. The van der Waals surface area contributed by atoms with E-state index in [0.29, 0.717) is 6.04 Å². The van der Waals surface area contributed by atoms with Crippen LogP contribution in [0.3, 0.4) is 0 Å². The highest BCUT2D eigenvalue weighted by Crippen LogP contribution is 2.27. The predicted molar refractivity (Wildman–Crippen MR) is 145 cm³/mol. The average Bonchev–Trinajstić information content (AvgIpc) is 3.49. The molecule has 2 fully saturated rings. The molecule has 0 radical (unpaired) electrons. The van der Waals surface area contributed by atoms with E-state index in [0.717, 1.165) is 73.7 Å². The Kier molecular flexibility index (Phi) is 7.56. The summed E-state index contributed by atoms with van der Waals surface area (Å²) in [5.74, 6) is 1.41. The molecule has 0 bridgehead atoms. The summed E-state index contributed by atoms with van der Waals surface area (Å²) in [4.78, 5) is 24.5. The number of carbonyl (C=O) groups is 1. The van der Waals surface area contributed by atoms with Crippen molar-refractivity contribution in [2.45, 2.75) is 71.9 Å². The number of rotatable bonds is 8. The molecule has 0 unspecified atom stereocenters. The lowest BCUT2D eigenvalue weighted by Gasteiger charge is -2.29. The van der Waals surface area contributed by atoms with Crippen LogP contribution in [0.4, 0.5) is 5.69 Å². The zero-order chi connectivity index (χ0) is 25.1. The molecule has 0 atom stereocenters. The van der Waals surface area contributed by atoms with Crippen LogP contribution in [0.25, 0.3) is 11.2 Å². The summed E-state index contributed by atoms with van der Waals surface area (Å²) in [6.45, 7) is 11.1. The number of hydrogen-bond acceptors (Lipinski definition) is 5. The highest BCUT2D eigenvalue weighted by molar-refractivity contribution is 5.78. The predicted octanol–water partition coefficient (Wildman–Crippen LogP) is 4.59. The third-order valence-electron chi connectivity index (χ3n) is 7.90. The number of nitrogens with zero attached hydrogens (tertiary/aromatic N) is 4. The number of fused-ring (bicyclic) bond motifs is 1. The number of amides is 1. The maximum absolute atomic E-state index is 12.6. The number of pyridine rings is 1. The summed E-state index contributed by atoms with van der Waals surface area (Å²) in [7, 11) is 0. The molecule has 0 spiro atoms. The first-order chi connectivity index (χ1) is 17.5. The molecular weight excluding hydrogens is 448 g/mol. The quantitative estimate of drug-likeness (QED) is 0.485. The molecular formula is C29H40N6O. The smallest absolute Gasteiger partial charge is 0.223 e. The van der Waals surface area contributed by atoms with Gasteiger partial charge in [-0.25, -0.2) is 9.97 Å². The Balaban J connectivity index is 1.10. The molecule has 1 amide bonds. The lowest BCUT2D eigenvalue weighted by Crippen LogP contribution is -2.39. The van der Waals surface area contributed by atoms with E-state index in [1.807, 2.05) is 6.92 Å².